The molecule has 2 saturated heterocycles. The monoisotopic (exact) mass is 252 g/mol. The molecule has 3 atom stereocenters. The SMILES string of the molecule is C1CC2CC(C1)CN(CCNCC1CCCO1)C2. The second kappa shape index (κ2) is 6.36. The Morgan fingerprint density at radius 3 is 2.61 bits per heavy atom. The number of rotatable bonds is 5. The van der Waals surface area contributed by atoms with Gasteiger partial charge in [0, 0.05) is 39.3 Å². The minimum Gasteiger partial charge on any atom is -0.377 e. The molecule has 0 amide bonds. The fourth-order valence-corrected chi connectivity index (χ4v) is 4.03. The molecule has 1 N–H and O–H groups in total. The summed E-state index contributed by atoms with van der Waals surface area (Å²) in [5.41, 5.74) is 0. The van der Waals surface area contributed by atoms with Gasteiger partial charge in [-0.3, -0.25) is 0 Å². The minimum absolute atomic E-state index is 0.491. The molecule has 2 bridgehead atoms. The highest BCUT2D eigenvalue weighted by atomic mass is 16.5. The number of fused-ring (bicyclic) bond motifs is 2. The van der Waals surface area contributed by atoms with Crippen molar-refractivity contribution in [2.24, 2.45) is 11.8 Å². The Bertz CT molecular complexity index is 241. The van der Waals surface area contributed by atoms with Crippen molar-refractivity contribution in [2.75, 3.05) is 39.3 Å². The lowest BCUT2D eigenvalue weighted by atomic mass is 9.78. The van der Waals surface area contributed by atoms with Crippen LogP contribution in [0.5, 0.6) is 0 Å². The van der Waals surface area contributed by atoms with Crippen LogP contribution in [-0.2, 0) is 4.74 Å². The van der Waals surface area contributed by atoms with Crippen LogP contribution in [0.3, 0.4) is 0 Å². The summed E-state index contributed by atoms with van der Waals surface area (Å²) in [6, 6.07) is 0. The predicted octanol–water partition coefficient (Wildman–Crippen LogP) is 1.88. The molecular formula is C15H28N2O. The van der Waals surface area contributed by atoms with E-state index in [0.717, 1.165) is 31.5 Å². The average molecular weight is 252 g/mol. The third-order valence-electron chi connectivity index (χ3n) is 4.93. The third kappa shape index (κ3) is 3.46. The zero-order chi connectivity index (χ0) is 12.2. The van der Waals surface area contributed by atoms with Gasteiger partial charge in [0.1, 0.15) is 0 Å². The minimum atomic E-state index is 0.491. The van der Waals surface area contributed by atoms with E-state index >= 15 is 0 Å². The Morgan fingerprint density at radius 1 is 1.06 bits per heavy atom. The standard InChI is InChI=1S/C15H28N2O/c1-3-13-9-14(4-1)12-17(11-13)7-6-16-10-15-5-2-8-18-15/h13-16H,1-12H2. The lowest BCUT2D eigenvalue weighted by Crippen LogP contribution is -2.45. The van der Waals surface area contributed by atoms with Crippen LogP contribution in [0.4, 0.5) is 0 Å². The van der Waals surface area contributed by atoms with Gasteiger partial charge >= 0.3 is 0 Å². The molecule has 0 aromatic heterocycles. The third-order valence-corrected chi connectivity index (χ3v) is 4.93. The fraction of sp³-hybridized carbons (Fsp3) is 1.00. The summed E-state index contributed by atoms with van der Waals surface area (Å²) in [6.07, 6.45) is 8.96. The van der Waals surface area contributed by atoms with Gasteiger partial charge in [-0.1, -0.05) is 6.42 Å². The van der Waals surface area contributed by atoms with Crippen LogP contribution in [0.2, 0.25) is 0 Å². The van der Waals surface area contributed by atoms with Crippen molar-refractivity contribution in [3.8, 4) is 0 Å². The molecule has 3 heteroatoms. The Hall–Kier alpha value is -0.120. The van der Waals surface area contributed by atoms with E-state index in [1.807, 2.05) is 0 Å². The van der Waals surface area contributed by atoms with Crippen LogP contribution >= 0.6 is 0 Å². The van der Waals surface area contributed by atoms with Crippen molar-refractivity contribution in [3.63, 3.8) is 0 Å². The van der Waals surface area contributed by atoms with E-state index in [0.29, 0.717) is 6.10 Å². The van der Waals surface area contributed by atoms with Gasteiger partial charge in [-0.05, 0) is 43.9 Å². The average Bonchev–Trinajstić information content (AvgIpc) is 2.87. The van der Waals surface area contributed by atoms with Crippen molar-refractivity contribution < 1.29 is 4.74 Å². The summed E-state index contributed by atoms with van der Waals surface area (Å²) < 4.78 is 5.63. The Morgan fingerprint density at radius 2 is 1.89 bits per heavy atom. The van der Waals surface area contributed by atoms with Crippen LogP contribution in [0, 0.1) is 11.8 Å². The highest BCUT2D eigenvalue weighted by Crippen LogP contribution is 2.33. The van der Waals surface area contributed by atoms with Crippen molar-refractivity contribution in [2.45, 2.75) is 44.6 Å². The molecule has 3 aliphatic rings. The molecule has 0 aromatic rings. The first kappa shape index (κ1) is 12.9. The van der Waals surface area contributed by atoms with E-state index in [1.54, 1.807) is 0 Å². The molecule has 2 aliphatic heterocycles. The van der Waals surface area contributed by atoms with Crippen molar-refractivity contribution >= 4 is 0 Å². The Kier molecular flexibility index (Phi) is 4.55. The fourth-order valence-electron chi connectivity index (χ4n) is 4.03. The molecule has 3 fully saturated rings. The van der Waals surface area contributed by atoms with Gasteiger partial charge in [-0.15, -0.1) is 0 Å². The van der Waals surface area contributed by atoms with E-state index in [-0.39, 0.29) is 0 Å². The van der Waals surface area contributed by atoms with Gasteiger partial charge in [0.2, 0.25) is 0 Å². The summed E-state index contributed by atoms with van der Waals surface area (Å²) in [4.78, 5) is 2.69. The van der Waals surface area contributed by atoms with Gasteiger partial charge in [0.15, 0.2) is 0 Å². The lowest BCUT2D eigenvalue weighted by Gasteiger charge is -2.41. The highest BCUT2D eigenvalue weighted by Gasteiger charge is 2.29. The van der Waals surface area contributed by atoms with Crippen LogP contribution in [-0.4, -0.2) is 50.3 Å². The highest BCUT2D eigenvalue weighted by molar-refractivity contribution is 4.83. The number of nitrogens with zero attached hydrogens (tertiary/aromatic N) is 1. The number of nitrogens with one attached hydrogen (secondary N) is 1. The number of hydrogen-bond acceptors (Lipinski definition) is 3. The van der Waals surface area contributed by atoms with Gasteiger partial charge in [-0.25, -0.2) is 0 Å². The van der Waals surface area contributed by atoms with Gasteiger partial charge in [0.25, 0.3) is 0 Å². The molecule has 104 valence electrons. The van der Waals surface area contributed by atoms with Crippen molar-refractivity contribution in [1.29, 1.82) is 0 Å². The largest absolute Gasteiger partial charge is 0.377 e. The number of ether oxygens (including phenoxy) is 1. The topological polar surface area (TPSA) is 24.5 Å². The molecule has 3 nitrogen and oxygen atoms in total. The van der Waals surface area contributed by atoms with Crippen molar-refractivity contribution in [3.05, 3.63) is 0 Å². The molecular weight excluding hydrogens is 224 g/mol. The van der Waals surface area contributed by atoms with E-state index in [2.05, 4.69) is 10.2 Å². The van der Waals surface area contributed by atoms with Crippen LogP contribution < -0.4 is 5.32 Å². The molecule has 1 saturated carbocycles. The maximum Gasteiger partial charge on any atom is 0.0700 e. The van der Waals surface area contributed by atoms with E-state index in [9.17, 15) is 0 Å². The number of piperidine rings is 1. The first-order valence-corrected chi connectivity index (χ1v) is 7.95. The maximum atomic E-state index is 5.63. The van der Waals surface area contributed by atoms with Crippen molar-refractivity contribution in [1.82, 2.24) is 10.2 Å². The summed E-state index contributed by atoms with van der Waals surface area (Å²) in [6.45, 7) is 7.12. The molecule has 3 unspecified atom stereocenters. The lowest BCUT2D eigenvalue weighted by molar-refractivity contribution is 0.0832. The smallest absolute Gasteiger partial charge is 0.0700 e. The van der Waals surface area contributed by atoms with Gasteiger partial charge in [0.05, 0.1) is 6.10 Å². The summed E-state index contributed by atoms with van der Waals surface area (Å²) >= 11 is 0. The molecule has 0 radical (unpaired) electrons. The van der Waals surface area contributed by atoms with Gasteiger partial charge in [-0.2, -0.15) is 0 Å². The molecule has 3 rings (SSSR count). The molecule has 18 heavy (non-hydrogen) atoms. The zero-order valence-corrected chi connectivity index (χ0v) is 11.6. The summed E-state index contributed by atoms with van der Waals surface area (Å²) in [5, 5.41) is 3.57. The molecule has 2 heterocycles. The molecule has 0 aromatic carbocycles. The number of hydrogen-bond donors (Lipinski definition) is 1. The molecule has 0 spiro atoms. The number of likely N-dealkylation sites (tertiary alicyclic amines) is 1. The maximum absolute atomic E-state index is 5.63. The Balaban J connectivity index is 1.31. The van der Waals surface area contributed by atoms with E-state index in [1.165, 1.54) is 58.2 Å². The van der Waals surface area contributed by atoms with Crippen LogP contribution in [0.1, 0.15) is 38.5 Å². The predicted molar refractivity (Wildman–Crippen MR) is 73.7 cm³/mol. The van der Waals surface area contributed by atoms with Crippen LogP contribution in [0.25, 0.3) is 0 Å². The Labute approximate surface area is 111 Å². The second-order valence-corrected chi connectivity index (χ2v) is 6.50. The summed E-state index contributed by atoms with van der Waals surface area (Å²) in [7, 11) is 0. The quantitative estimate of drug-likeness (QED) is 0.756. The first-order chi connectivity index (χ1) is 8.90. The van der Waals surface area contributed by atoms with E-state index < -0.39 is 0 Å². The van der Waals surface area contributed by atoms with Crippen LogP contribution in [0.15, 0.2) is 0 Å². The zero-order valence-electron chi connectivity index (χ0n) is 11.6. The first-order valence-electron chi connectivity index (χ1n) is 7.95. The molecule has 1 aliphatic carbocycles. The summed E-state index contributed by atoms with van der Waals surface area (Å²) in [5.74, 6) is 2.02. The van der Waals surface area contributed by atoms with E-state index in [4.69, 9.17) is 4.74 Å². The van der Waals surface area contributed by atoms with Gasteiger partial charge < -0.3 is 15.0 Å². The second-order valence-electron chi connectivity index (χ2n) is 6.50. The normalized spacial score (nSPS) is 37.0.